The van der Waals surface area contributed by atoms with Crippen LogP contribution in [0.1, 0.15) is 11.1 Å². The van der Waals surface area contributed by atoms with Crippen LogP contribution in [0.15, 0.2) is 66.2 Å². The second-order valence-electron chi connectivity index (χ2n) is 7.05. The normalized spacial score (nSPS) is 11.6. The van der Waals surface area contributed by atoms with Crippen LogP contribution >= 0.6 is 23.2 Å². The molecule has 0 bridgehead atoms. The van der Waals surface area contributed by atoms with Crippen molar-refractivity contribution >= 4 is 50.5 Å². The Hall–Kier alpha value is -3.28. The van der Waals surface area contributed by atoms with Crippen LogP contribution in [0, 0.1) is 6.92 Å². The Labute approximate surface area is 208 Å². The van der Waals surface area contributed by atoms with Crippen molar-refractivity contribution in [2.45, 2.75) is 18.0 Å². The van der Waals surface area contributed by atoms with Crippen molar-refractivity contribution in [2.75, 3.05) is 10.0 Å². The van der Waals surface area contributed by atoms with E-state index >= 15 is 0 Å². The summed E-state index contributed by atoms with van der Waals surface area (Å²) in [4.78, 5) is 14.9. The van der Waals surface area contributed by atoms with Crippen LogP contribution in [0.25, 0.3) is 0 Å². The molecule has 2 N–H and O–H groups in total. The lowest BCUT2D eigenvalue weighted by atomic mass is 10.2. The quantitative estimate of drug-likeness (QED) is 0.333. The maximum absolute atomic E-state index is 13.2. The summed E-state index contributed by atoms with van der Waals surface area (Å²) in [7, 11) is -4.49. The number of halogens is 5. The van der Waals surface area contributed by atoms with Gasteiger partial charge in [0.05, 0.1) is 26.2 Å². The predicted octanol–water partition coefficient (Wildman–Crippen LogP) is 6.43. The van der Waals surface area contributed by atoms with Gasteiger partial charge in [-0.25, -0.2) is 13.4 Å². The molecule has 1 heterocycles. The molecule has 0 aliphatic heterocycles. The molecule has 13 heteroatoms. The van der Waals surface area contributed by atoms with Crippen LogP contribution in [-0.2, 0) is 21.0 Å². The molecule has 1 amide bonds. The van der Waals surface area contributed by atoms with E-state index in [4.69, 9.17) is 27.9 Å². The highest BCUT2D eigenvalue weighted by Gasteiger charge is 2.34. The molecular formula is C22H16Cl2F3N3O4S. The number of nitrogens with zero attached hydrogens (tertiary/aromatic N) is 1. The lowest BCUT2D eigenvalue weighted by Gasteiger charge is -2.15. The number of sulfonamides is 1. The monoisotopic (exact) mass is 545 g/mol. The zero-order valence-corrected chi connectivity index (χ0v) is 20.1. The van der Waals surface area contributed by atoms with E-state index in [0.29, 0.717) is 11.6 Å². The molecule has 0 unspecified atom stereocenters. The number of anilines is 2. The number of rotatable bonds is 7. The van der Waals surface area contributed by atoms with Crippen molar-refractivity contribution in [3.63, 3.8) is 0 Å². The number of aromatic nitrogens is 1. The Morgan fingerprint density at radius 3 is 2.43 bits per heavy atom. The number of aryl methyl sites for hydroxylation is 1. The molecule has 0 radical (unpaired) electrons. The number of alkyl halides is 3. The van der Waals surface area contributed by atoms with Crippen molar-refractivity contribution in [1.82, 2.24) is 4.98 Å². The van der Waals surface area contributed by atoms with Gasteiger partial charge in [-0.3, -0.25) is 9.52 Å². The minimum atomic E-state index is -4.85. The number of hydrogen-bond donors (Lipinski definition) is 2. The molecule has 0 spiro atoms. The SMILES string of the molecule is C=CC(=O)Nc1ccc(Oc2ncc(C)cc2NS(=O)(=O)c2ccc(Cl)c(C(F)(F)F)c2)cc1Cl. The third-order valence-corrected chi connectivity index (χ3v) is 6.39. The van der Waals surface area contributed by atoms with E-state index in [2.05, 4.69) is 21.6 Å². The molecule has 7 nitrogen and oxygen atoms in total. The van der Waals surface area contributed by atoms with Crippen LogP contribution in [0.2, 0.25) is 10.0 Å². The highest BCUT2D eigenvalue weighted by atomic mass is 35.5. The first kappa shape index (κ1) is 26.3. The number of carbonyl (C=O) groups is 1. The molecular weight excluding hydrogens is 530 g/mol. The molecule has 184 valence electrons. The standard InChI is InChI=1S/C22H16Cl2F3N3O4S/c1-3-20(31)29-18-7-4-13(9-17(18)24)34-21-19(8-12(2)11-28-21)30-35(32,33)14-5-6-16(23)15(10-14)22(25,26)27/h3-11,30H,1H2,2H3,(H,29,31). The Morgan fingerprint density at radius 1 is 1.09 bits per heavy atom. The fraction of sp³-hybridized carbons (Fsp3) is 0.0909. The van der Waals surface area contributed by atoms with Gasteiger partial charge in [0.15, 0.2) is 0 Å². The summed E-state index contributed by atoms with van der Waals surface area (Å²) in [6.45, 7) is 4.97. The van der Waals surface area contributed by atoms with Crippen LogP contribution < -0.4 is 14.8 Å². The summed E-state index contributed by atoms with van der Waals surface area (Å²) >= 11 is 11.7. The van der Waals surface area contributed by atoms with Gasteiger partial charge in [-0.2, -0.15) is 13.2 Å². The molecule has 3 rings (SSSR count). The first-order valence-corrected chi connectivity index (χ1v) is 11.8. The Kier molecular flexibility index (Phi) is 7.63. The topological polar surface area (TPSA) is 97.4 Å². The minimum Gasteiger partial charge on any atom is -0.437 e. The van der Waals surface area contributed by atoms with Crippen LogP contribution in [0.5, 0.6) is 11.6 Å². The van der Waals surface area contributed by atoms with E-state index in [1.54, 1.807) is 6.92 Å². The minimum absolute atomic E-state index is 0.118. The number of hydrogen-bond acceptors (Lipinski definition) is 5. The first-order chi connectivity index (χ1) is 16.3. The molecule has 0 aliphatic rings. The molecule has 0 saturated heterocycles. The predicted molar refractivity (Wildman–Crippen MR) is 127 cm³/mol. The molecule has 1 aromatic heterocycles. The van der Waals surface area contributed by atoms with E-state index in [0.717, 1.165) is 18.2 Å². The zero-order valence-electron chi connectivity index (χ0n) is 17.8. The third kappa shape index (κ3) is 6.44. The van der Waals surface area contributed by atoms with Gasteiger partial charge >= 0.3 is 6.18 Å². The van der Waals surface area contributed by atoms with Gasteiger partial charge in [-0.15, -0.1) is 0 Å². The second kappa shape index (κ2) is 10.1. The number of ether oxygens (including phenoxy) is 1. The van der Waals surface area contributed by atoms with Gasteiger partial charge in [0.1, 0.15) is 11.4 Å². The summed E-state index contributed by atoms with van der Waals surface area (Å²) in [6, 6.07) is 7.86. The summed E-state index contributed by atoms with van der Waals surface area (Å²) in [6.07, 6.45) is -2.39. The lowest BCUT2D eigenvalue weighted by molar-refractivity contribution is -0.137. The number of nitrogens with one attached hydrogen (secondary N) is 2. The van der Waals surface area contributed by atoms with Crippen molar-refractivity contribution in [1.29, 1.82) is 0 Å². The summed E-state index contributed by atoms with van der Waals surface area (Å²) in [5, 5.41) is 1.98. The van der Waals surface area contributed by atoms with Gasteiger partial charge in [0, 0.05) is 12.3 Å². The van der Waals surface area contributed by atoms with Gasteiger partial charge < -0.3 is 10.1 Å². The van der Waals surface area contributed by atoms with Gasteiger partial charge in [0.25, 0.3) is 10.0 Å². The summed E-state index contributed by atoms with van der Waals surface area (Å²) < 4.78 is 73.1. The van der Waals surface area contributed by atoms with Crippen LogP contribution in [0.3, 0.4) is 0 Å². The van der Waals surface area contributed by atoms with E-state index < -0.39 is 37.6 Å². The average Bonchev–Trinajstić information content (AvgIpc) is 2.76. The average molecular weight is 546 g/mol. The second-order valence-corrected chi connectivity index (χ2v) is 9.54. The number of amides is 1. The number of pyridine rings is 1. The summed E-state index contributed by atoms with van der Waals surface area (Å²) in [5.41, 5.74) is -0.597. The molecule has 3 aromatic rings. The van der Waals surface area contributed by atoms with Crippen molar-refractivity contribution in [3.05, 3.63) is 82.5 Å². The van der Waals surface area contributed by atoms with E-state index in [1.165, 1.54) is 30.5 Å². The van der Waals surface area contributed by atoms with Gasteiger partial charge in [0.2, 0.25) is 11.8 Å². The maximum Gasteiger partial charge on any atom is 0.417 e. The molecule has 0 fully saturated rings. The largest absolute Gasteiger partial charge is 0.437 e. The molecule has 0 atom stereocenters. The lowest BCUT2D eigenvalue weighted by Crippen LogP contribution is -2.16. The fourth-order valence-corrected chi connectivity index (χ4v) is 4.28. The maximum atomic E-state index is 13.2. The Morgan fingerprint density at radius 2 is 1.80 bits per heavy atom. The van der Waals surface area contributed by atoms with Crippen molar-refractivity contribution < 1.29 is 31.1 Å². The fourth-order valence-electron chi connectivity index (χ4n) is 2.76. The third-order valence-electron chi connectivity index (χ3n) is 4.38. The Balaban J connectivity index is 1.93. The van der Waals surface area contributed by atoms with Crippen molar-refractivity contribution in [3.8, 4) is 11.6 Å². The van der Waals surface area contributed by atoms with E-state index in [1.807, 2.05) is 0 Å². The first-order valence-electron chi connectivity index (χ1n) is 9.57. The molecule has 2 aromatic carbocycles. The zero-order chi connectivity index (χ0) is 26.0. The van der Waals surface area contributed by atoms with Crippen LogP contribution in [-0.4, -0.2) is 19.3 Å². The Bertz CT molecular complexity index is 1410. The highest BCUT2D eigenvalue weighted by molar-refractivity contribution is 7.92. The van der Waals surface area contributed by atoms with Gasteiger partial charge in [-0.05, 0) is 55.0 Å². The van der Waals surface area contributed by atoms with Crippen LogP contribution in [0.4, 0.5) is 24.5 Å². The summed E-state index contributed by atoms with van der Waals surface area (Å²) in [5.74, 6) is -0.522. The van der Waals surface area contributed by atoms with Crippen molar-refractivity contribution in [2.24, 2.45) is 0 Å². The molecule has 35 heavy (non-hydrogen) atoms. The molecule has 0 aliphatic carbocycles. The number of carbonyl (C=O) groups excluding carboxylic acids is 1. The van der Waals surface area contributed by atoms with E-state index in [-0.39, 0.29) is 28.0 Å². The smallest absolute Gasteiger partial charge is 0.417 e. The van der Waals surface area contributed by atoms with E-state index in [9.17, 15) is 26.4 Å². The highest BCUT2D eigenvalue weighted by Crippen LogP contribution is 2.37. The van der Waals surface area contributed by atoms with Gasteiger partial charge in [-0.1, -0.05) is 29.8 Å². The number of benzene rings is 2. The molecule has 0 saturated carbocycles.